The molecule has 6 nitrogen and oxygen atoms in total. The van der Waals surface area contributed by atoms with Crippen LogP contribution in [0.15, 0.2) is 36.5 Å². The van der Waals surface area contributed by atoms with E-state index in [4.69, 9.17) is 9.72 Å². The van der Waals surface area contributed by atoms with Gasteiger partial charge in [-0.2, -0.15) is 0 Å². The number of carbonyl (C=O) groups is 1. The van der Waals surface area contributed by atoms with Crippen LogP contribution in [0.5, 0.6) is 0 Å². The smallest absolute Gasteiger partial charge is 0.311 e. The van der Waals surface area contributed by atoms with Gasteiger partial charge in [0.15, 0.2) is 0 Å². The lowest BCUT2D eigenvalue weighted by atomic mass is 10.0. The van der Waals surface area contributed by atoms with Gasteiger partial charge in [0.1, 0.15) is 0 Å². The van der Waals surface area contributed by atoms with Crippen molar-refractivity contribution in [3.05, 3.63) is 36.5 Å². The van der Waals surface area contributed by atoms with Crippen LogP contribution in [-0.4, -0.2) is 49.7 Å². The number of carbonyl (C=O) groups excluding carboxylic acids is 1. The first kappa shape index (κ1) is 14.9. The highest BCUT2D eigenvalue weighted by atomic mass is 16.5. The molecule has 0 spiro atoms. The summed E-state index contributed by atoms with van der Waals surface area (Å²) in [6.07, 6.45) is 1.78. The monoisotopic (exact) mass is 324 g/mol. The van der Waals surface area contributed by atoms with Crippen molar-refractivity contribution in [1.29, 1.82) is 0 Å². The van der Waals surface area contributed by atoms with Crippen LogP contribution in [0.3, 0.4) is 0 Å². The molecule has 2 fully saturated rings. The van der Waals surface area contributed by atoms with Gasteiger partial charge in [-0.15, -0.1) is 0 Å². The first-order valence-corrected chi connectivity index (χ1v) is 8.14. The Morgan fingerprint density at radius 3 is 2.67 bits per heavy atom. The molecule has 24 heavy (non-hydrogen) atoms. The average molecular weight is 324 g/mol. The van der Waals surface area contributed by atoms with Gasteiger partial charge in [0.05, 0.1) is 18.2 Å². The molecule has 6 heteroatoms. The molecule has 0 aliphatic carbocycles. The lowest BCUT2D eigenvalue weighted by Gasteiger charge is -2.17. The highest BCUT2D eigenvalue weighted by molar-refractivity contribution is 5.76. The fourth-order valence-electron chi connectivity index (χ4n) is 3.36. The van der Waals surface area contributed by atoms with Crippen molar-refractivity contribution >= 4 is 17.6 Å². The Morgan fingerprint density at radius 2 is 1.96 bits per heavy atom. The van der Waals surface area contributed by atoms with Crippen molar-refractivity contribution in [3.8, 4) is 11.3 Å². The van der Waals surface area contributed by atoms with Gasteiger partial charge in [0.25, 0.3) is 0 Å². The van der Waals surface area contributed by atoms with Crippen LogP contribution in [0.25, 0.3) is 11.3 Å². The number of anilines is 2. The largest absolute Gasteiger partial charge is 0.465 e. The van der Waals surface area contributed by atoms with Crippen molar-refractivity contribution in [2.75, 3.05) is 43.6 Å². The van der Waals surface area contributed by atoms with Crippen LogP contribution in [0.1, 0.15) is 0 Å². The van der Waals surface area contributed by atoms with Crippen molar-refractivity contribution in [2.45, 2.75) is 0 Å². The second-order valence-corrected chi connectivity index (χ2v) is 6.58. The minimum absolute atomic E-state index is 0.0309. The Labute approximate surface area is 141 Å². The number of cyclic esters (lactones) is 1. The van der Waals surface area contributed by atoms with E-state index in [2.05, 4.69) is 39.0 Å². The molecule has 0 amide bonds. The van der Waals surface area contributed by atoms with Gasteiger partial charge in [-0.1, -0.05) is 12.1 Å². The average Bonchev–Trinajstić information content (AvgIpc) is 3.17. The maximum atomic E-state index is 11.7. The zero-order chi connectivity index (χ0) is 16.7. The van der Waals surface area contributed by atoms with Gasteiger partial charge >= 0.3 is 5.97 Å². The molecule has 1 aromatic heterocycles. The molecule has 2 aliphatic rings. The van der Waals surface area contributed by atoms with Crippen molar-refractivity contribution < 1.29 is 9.53 Å². The predicted molar refractivity (Wildman–Crippen MR) is 91.9 cm³/mol. The van der Waals surface area contributed by atoms with E-state index in [0.717, 1.165) is 23.5 Å². The van der Waals surface area contributed by atoms with Gasteiger partial charge in [-0.05, 0) is 18.2 Å². The maximum Gasteiger partial charge on any atom is 0.311 e. The number of hydrogen-bond acceptors (Lipinski definition) is 6. The summed E-state index contributed by atoms with van der Waals surface area (Å²) in [5.41, 5.74) is 3.10. The number of aromatic nitrogens is 2. The lowest BCUT2D eigenvalue weighted by Crippen LogP contribution is -2.25. The van der Waals surface area contributed by atoms with Gasteiger partial charge in [0.2, 0.25) is 5.95 Å². The first-order chi connectivity index (χ1) is 11.6. The molecule has 1 aromatic carbocycles. The van der Waals surface area contributed by atoms with Crippen molar-refractivity contribution in [3.63, 3.8) is 0 Å². The van der Waals surface area contributed by atoms with Crippen molar-refractivity contribution in [2.24, 2.45) is 11.8 Å². The summed E-state index contributed by atoms with van der Waals surface area (Å²) >= 11 is 0. The molecule has 2 aromatic rings. The molecule has 2 atom stereocenters. The zero-order valence-corrected chi connectivity index (χ0v) is 13.8. The van der Waals surface area contributed by atoms with E-state index in [1.165, 1.54) is 0 Å². The highest BCUT2D eigenvalue weighted by Gasteiger charge is 2.44. The minimum Gasteiger partial charge on any atom is -0.465 e. The van der Waals surface area contributed by atoms with Crippen molar-refractivity contribution in [1.82, 2.24) is 9.97 Å². The Morgan fingerprint density at radius 1 is 1.17 bits per heavy atom. The third-order valence-corrected chi connectivity index (χ3v) is 4.79. The van der Waals surface area contributed by atoms with E-state index >= 15 is 0 Å². The molecular weight excluding hydrogens is 304 g/mol. The van der Waals surface area contributed by atoms with Gasteiger partial charge < -0.3 is 14.5 Å². The minimum atomic E-state index is -0.0853. The summed E-state index contributed by atoms with van der Waals surface area (Å²) in [4.78, 5) is 25.0. The fourth-order valence-corrected chi connectivity index (χ4v) is 3.36. The number of hydrogen-bond donors (Lipinski definition) is 0. The van der Waals surface area contributed by atoms with Gasteiger partial charge in [0, 0.05) is 50.6 Å². The summed E-state index contributed by atoms with van der Waals surface area (Å²) in [5.74, 6) is 0.838. The molecule has 4 rings (SSSR count). The molecule has 0 N–H and O–H groups in total. The number of esters is 1. The van der Waals surface area contributed by atoms with Crippen LogP contribution in [0.4, 0.5) is 11.6 Å². The number of ether oxygens (including phenoxy) is 1. The lowest BCUT2D eigenvalue weighted by molar-refractivity contribution is -0.140. The molecular formula is C18H20N4O2. The number of nitrogens with zero attached hydrogens (tertiary/aromatic N) is 4. The summed E-state index contributed by atoms with van der Waals surface area (Å²) in [5, 5.41) is 0. The third kappa shape index (κ3) is 2.58. The third-order valence-electron chi connectivity index (χ3n) is 4.79. The number of fused-ring (bicyclic) bond motifs is 1. The van der Waals surface area contributed by atoms with Crippen LogP contribution in [0, 0.1) is 11.8 Å². The normalized spacial score (nSPS) is 22.4. The Balaban J connectivity index is 1.57. The maximum absolute atomic E-state index is 11.7. The summed E-state index contributed by atoms with van der Waals surface area (Å²) in [7, 11) is 4.04. The second kappa shape index (κ2) is 5.78. The number of benzene rings is 1. The van der Waals surface area contributed by atoms with Crippen LogP contribution in [0.2, 0.25) is 0 Å². The number of rotatable bonds is 3. The van der Waals surface area contributed by atoms with Crippen LogP contribution in [-0.2, 0) is 9.53 Å². The Bertz CT molecular complexity index is 760. The van der Waals surface area contributed by atoms with Gasteiger partial charge in [-0.25, -0.2) is 9.97 Å². The fraction of sp³-hybridized carbons (Fsp3) is 0.389. The molecule has 0 unspecified atom stereocenters. The molecule has 0 bridgehead atoms. The van der Waals surface area contributed by atoms with Crippen LogP contribution < -0.4 is 9.80 Å². The molecule has 2 aliphatic heterocycles. The van der Waals surface area contributed by atoms with Gasteiger partial charge in [-0.3, -0.25) is 4.79 Å². The SMILES string of the molecule is CN(C)c1ccc(-c2ccnc(N3C[C@@H]4COC(=O)[C@@H]4C3)n2)cc1. The summed E-state index contributed by atoms with van der Waals surface area (Å²) in [6, 6.07) is 10.2. The first-order valence-electron chi connectivity index (χ1n) is 8.14. The standard InChI is InChI=1S/C18H20N4O2/c1-21(2)14-5-3-12(4-6-14)16-7-8-19-18(20-16)22-9-13-11-24-17(23)15(13)10-22/h3-8,13,15H,9-11H2,1-2H3/t13-,15-/m1/s1. The van der Waals surface area contributed by atoms with E-state index < -0.39 is 0 Å². The topological polar surface area (TPSA) is 58.6 Å². The van der Waals surface area contributed by atoms with E-state index in [9.17, 15) is 4.79 Å². The Hall–Kier alpha value is -2.63. The Kier molecular flexibility index (Phi) is 3.59. The van der Waals surface area contributed by atoms with Crippen LogP contribution >= 0.6 is 0 Å². The molecule has 124 valence electrons. The molecule has 3 heterocycles. The summed E-state index contributed by atoms with van der Waals surface area (Å²) in [6.45, 7) is 1.94. The predicted octanol–water partition coefficient (Wildman–Crippen LogP) is 1.82. The molecule has 2 saturated heterocycles. The second-order valence-electron chi connectivity index (χ2n) is 6.58. The zero-order valence-electron chi connectivity index (χ0n) is 13.8. The van der Waals surface area contributed by atoms with E-state index in [-0.39, 0.29) is 17.8 Å². The molecule has 0 saturated carbocycles. The van der Waals surface area contributed by atoms with E-state index in [1.807, 2.05) is 20.2 Å². The quantitative estimate of drug-likeness (QED) is 0.803. The van der Waals surface area contributed by atoms with E-state index in [0.29, 0.717) is 19.1 Å². The van der Waals surface area contributed by atoms with E-state index in [1.54, 1.807) is 6.20 Å². The molecule has 0 radical (unpaired) electrons. The summed E-state index contributed by atoms with van der Waals surface area (Å²) < 4.78 is 5.12. The highest BCUT2D eigenvalue weighted by Crippen LogP contribution is 2.32.